The van der Waals surface area contributed by atoms with Crippen LogP contribution in [-0.4, -0.2) is 24.5 Å². The third kappa shape index (κ3) is 3.72. The molecule has 1 heterocycles. The fourth-order valence-electron chi connectivity index (χ4n) is 1.97. The summed E-state index contributed by atoms with van der Waals surface area (Å²) in [5, 5.41) is 6.06. The number of carbonyl (C=O) groups excluding carboxylic acids is 1. The average Bonchev–Trinajstić information content (AvgIpc) is 2.50. The maximum Gasteiger partial charge on any atom is 0.255 e. The number of benzene rings is 1. The SMILES string of the molecule is CCNc1ccc(C(=O)Nc2ccc(OC)nc2)cc1C. The van der Waals surface area contributed by atoms with E-state index in [0.29, 0.717) is 17.1 Å². The van der Waals surface area contributed by atoms with Crippen LogP contribution in [0, 0.1) is 6.92 Å². The van der Waals surface area contributed by atoms with E-state index in [2.05, 4.69) is 15.6 Å². The van der Waals surface area contributed by atoms with Gasteiger partial charge in [0, 0.05) is 23.9 Å². The number of rotatable bonds is 5. The summed E-state index contributed by atoms with van der Waals surface area (Å²) in [5.41, 5.74) is 3.33. The number of amides is 1. The van der Waals surface area contributed by atoms with Crippen molar-refractivity contribution in [2.45, 2.75) is 13.8 Å². The van der Waals surface area contributed by atoms with Gasteiger partial charge in [-0.25, -0.2) is 4.98 Å². The lowest BCUT2D eigenvalue weighted by atomic mass is 10.1. The van der Waals surface area contributed by atoms with E-state index in [4.69, 9.17) is 4.74 Å². The molecular formula is C16H19N3O2. The summed E-state index contributed by atoms with van der Waals surface area (Å²) in [4.78, 5) is 16.3. The first-order chi connectivity index (χ1) is 10.1. The fraction of sp³-hybridized carbons (Fsp3) is 0.250. The molecule has 0 fully saturated rings. The normalized spacial score (nSPS) is 10.0. The maximum absolute atomic E-state index is 12.2. The molecule has 1 aromatic heterocycles. The Morgan fingerprint density at radius 2 is 2.10 bits per heavy atom. The van der Waals surface area contributed by atoms with Crippen molar-refractivity contribution < 1.29 is 9.53 Å². The number of nitrogens with zero attached hydrogens (tertiary/aromatic N) is 1. The van der Waals surface area contributed by atoms with Crippen molar-refractivity contribution in [3.63, 3.8) is 0 Å². The number of pyridine rings is 1. The fourth-order valence-corrected chi connectivity index (χ4v) is 1.97. The number of ether oxygens (including phenoxy) is 1. The highest BCUT2D eigenvalue weighted by atomic mass is 16.5. The molecule has 5 heteroatoms. The van der Waals surface area contributed by atoms with Crippen LogP contribution < -0.4 is 15.4 Å². The van der Waals surface area contributed by atoms with Crippen molar-refractivity contribution in [1.29, 1.82) is 0 Å². The van der Waals surface area contributed by atoms with E-state index in [-0.39, 0.29) is 5.91 Å². The molecule has 0 aliphatic rings. The second-order valence-electron chi connectivity index (χ2n) is 4.60. The molecule has 0 saturated heterocycles. The topological polar surface area (TPSA) is 63.2 Å². The van der Waals surface area contributed by atoms with Gasteiger partial charge in [0.25, 0.3) is 5.91 Å². The molecule has 5 nitrogen and oxygen atoms in total. The quantitative estimate of drug-likeness (QED) is 0.886. The first-order valence-electron chi connectivity index (χ1n) is 6.80. The Morgan fingerprint density at radius 1 is 1.29 bits per heavy atom. The second kappa shape index (κ2) is 6.74. The zero-order valence-corrected chi connectivity index (χ0v) is 12.4. The molecule has 0 aliphatic heterocycles. The van der Waals surface area contributed by atoms with Gasteiger partial charge in [-0.15, -0.1) is 0 Å². The van der Waals surface area contributed by atoms with Crippen LogP contribution in [0.3, 0.4) is 0 Å². The lowest BCUT2D eigenvalue weighted by Crippen LogP contribution is -2.12. The first-order valence-corrected chi connectivity index (χ1v) is 6.80. The zero-order valence-electron chi connectivity index (χ0n) is 12.4. The number of methoxy groups -OCH3 is 1. The number of aryl methyl sites for hydroxylation is 1. The number of nitrogens with one attached hydrogen (secondary N) is 2. The minimum Gasteiger partial charge on any atom is -0.481 e. The Kier molecular flexibility index (Phi) is 4.77. The third-order valence-corrected chi connectivity index (χ3v) is 3.06. The largest absolute Gasteiger partial charge is 0.481 e. The van der Waals surface area contributed by atoms with Gasteiger partial charge < -0.3 is 15.4 Å². The highest BCUT2D eigenvalue weighted by molar-refractivity contribution is 6.04. The molecule has 1 amide bonds. The number of hydrogen-bond donors (Lipinski definition) is 2. The lowest BCUT2D eigenvalue weighted by molar-refractivity contribution is 0.102. The smallest absolute Gasteiger partial charge is 0.255 e. The van der Waals surface area contributed by atoms with Gasteiger partial charge in [0.2, 0.25) is 5.88 Å². The number of aromatic nitrogens is 1. The molecule has 2 rings (SSSR count). The molecule has 21 heavy (non-hydrogen) atoms. The van der Waals surface area contributed by atoms with Crippen molar-refractivity contribution >= 4 is 17.3 Å². The van der Waals surface area contributed by atoms with Crippen LogP contribution in [0.4, 0.5) is 11.4 Å². The third-order valence-electron chi connectivity index (χ3n) is 3.06. The van der Waals surface area contributed by atoms with Gasteiger partial charge in [-0.3, -0.25) is 4.79 Å². The Hall–Kier alpha value is -2.56. The van der Waals surface area contributed by atoms with Crippen molar-refractivity contribution in [2.24, 2.45) is 0 Å². The molecule has 0 saturated carbocycles. The van der Waals surface area contributed by atoms with Gasteiger partial charge in [-0.1, -0.05) is 0 Å². The number of carbonyl (C=O) groups is 1. The van der Waals surface area contributed by atoms with E-state index in [0.717, 1.165) is 17.8 Å². The molecule has 0 atom stereocenters. The van der Waals surface area contributed by atoms with Crippen molar-refractivity contribution in [1.82, 2.24) is 4.98 Å². The molecule has 2 aromatic rings. The number of hydrogen-bond acceptors (Lipinski definition) is 4. The van der Waals surface area contributed by atoms with Gasteiger partial charge in [0.15, 0.2) is 0 Å². The Balaban J connectivity index is 2.10. The molecule has 0 bridgehead atoms. The minimum atomic E-state index is -0.159. The molecule has 2 N–H and O–H groups in total. The standard InChI is InChI=1S/C16H19N3O2/c1-4-17-14-7-5-12(9-11(14)2)16(20)19-13-6-8-15(21-3)18-10-13/h5-10,17H,4H2,1-3H3,(H,19,20). The second-order valence-corrected chi connectivity index (χ2v) is 4.60. The van der Waals surface area contributed by atoms with E-state index in [1.807, 2.05) is 26.0 Å². The van der Waals surface area contributed by atoms with Crippen molar-refractivity contribution in [3.05, 3.63) is 47.7 Å². The van der Waals surface area contributed by atoms with Crippen LogP contribution in [0.25, 0.3) is 0 Å². The monoisotopic (exact) mass is 285 g/mol. The van der Waals surface area contributed by atoms with Gasteiger partial charge in [-0.2, -0.15) is 0 Å². The van der Waals surface area contributed by atoms with Gasteiger partial charge in [0.05, 0.1) is 19.0 Å². The summed E-state index contributed by atoms with van der Waals surface area (Å²) < 4.78 is 4.98. The van der Waals surface area contributed by atoms with Crippen LogP contribution in [0.1, 0.15) is 22.8 Å². The molecule has 0 spiro atoms. The molecule has 110 valence electrons. The minimum absolute atomic E-state index is 0.159. The predicted molar refractivity (Wildman–Crippen MR) is 84.1 cm³/mol. The summed E-state index contributed by atoms with van der Waals surface area (Å²) in [7, 11) is 1.55. The zero-order chi connectivity index (χ0) is 15.2. The highest BCUT2D eigenvalue weighted by Gasteiger charge is 2.08. The number of anilines is 2. The summed E-state index contributed by atoms with van der Waals surface area (Å²) in [6.45, 7) is 4.87. The Labute approximate surface area is 124 Å². The first kappa shape index (κ1) is 14.8. The van der Waals surface area contributed by atoms with E-state index < -0.39 is 0 Å². The Morgan fingerprint density at radius 3 is 2.67 bits per heavy atom. The van der Waals surface area contributed by atoms with Gasteiger partial charge in [0.1, 0.15) is 0 Å². The Bertz CT molecular complexity index is 624. The van der Waals surface area contributed by atoms with E-state index in [1.165, 1.54) is 0 Å². The van der Waals surface area contributed by atoms with Crippen LogP contribution in [0.2, 0.25) is 0 Å². The molecule has 0 radical (unpaired) electrons. The van der Waals surface area contributed by atoms with Crippen LogP contribution >= 0.6 is 0 Å². The predicted octanol–water partition coefficient (Wildman–Crippen LogP) is 3.08. The van der Waals surface area contributed by atoms with Crippen LogP contribution in [0.15, 0.2) is 36.5 Å². The van der Waals surface area contributed by atoms with Gasteiger partial charge >= 0.3 is 0 Å². The summed E-state index contributed by atoms with van der Waals surface area (Å²) in [5.74, 6) is 0.354. The van der Waals surface area contributed by atoms with Crippen molar-refractivity contribution in [2.75, 3.05) is 24.3 Å². The maximum atomic E-state index is 12.2. The van der Waals surface area contributed by atoms with Crippen LogP contribution in [-0.2, 0) is 0 Å². The van der Waals surface area contributed by atoms with Crippen LogP contribution in [0.5, 0.6) is 5.88 Å². The average molecular weight is 285 g/mol. The molecule has 0 unspecified atom stereocenters. The van der Waals surface area contributed by atoms with Crippen molar-refractivity contribution in [3.8, 4) is 5.88 Å². The molecular weight excluding hydrogens is 266 g/mol. The van der Waals surface area contributed by atoms with E-state index >= 15 is 0 Å². The highest BCUT2D eigenvalue weighted by Crippen LogP contribution is 2.18. The van der Waals surface area contributed by atoms with Gasteiger partial charge in [-0.05, 0) is 43.7 Å². The summed E-state index contributed by atoms with van der Waals surface area (Å²) >= 11 is 0. The summed E-state index contributed by atoms with van der Waals surface area (Å²) in [6.07, 6.45) is 1.57. The molecule has 0 aliphatic carbocycles. The van der Waals surface area contributed by atoms with E-state index in [9.17, 15) is 4.79 Å². The summed E-state index contributed by atoms with van der Waals surface area (Å²) in [6, 6.07) is 9.04. The molecule has 1 aromatic carbocycles. The van der Waals surface area contributed by atoms with E-state index in [1.54, 1.807) is 31.5 Å². The lowest BCUT2D eigenvalue weighted by Gasteiger charge is -2.10.